The summed E-state index contributed by atoms with van der Waals surface area (Å²) in [6.07, 6.45) is 1.83. The minimum atomic E-state index is -0.563. The van der Waals surface area contributed by atoms with E-state index in [4.69, 9.17) is 0 Å². The SMILES string of the molecule is CSc1ccc([N+](=O)[O-])c(C(=O)N(Cc2nc3ccccc3c(=O)[nH]2)C(C)C)c1. The molecule has 0 fully saturated rings. The molecule has 1 amide bonds. The van der Waals surface area contributed by atoms with Crippen molar-refractivity contribution in [3.05, 3.63) is 74.3 Å². The van der Waals surface area contributed by atoms with Crippen molar-refractivity contribution in [3.63, 3.8) is 0 Å². The zero-order valence-corrected chi connectivity index (χ0v) is 17.0. The summed E-state index contributed by atoms with van der Waals surface area (Å²) < 4.78 is 0. The van der Waals surface area contributed by atoms with E-state index in [0.717, 1.165) is 4.90 Å². The highest BCUT2D eigenvalue weighted by molar-refractivity contribution is 7.98. The van der Waals surface area contributed by atoms with Gasteiger partial charge in [0.25, 0.3) is 17.2 Å². The monoisotopic (exact) mass is 412 g/mol. The van der Waals surface area contributed by atoms with Gasteiger partial charge < -0.3 is 9.88 Å². The average Bonchev–Trinajstić information content (AvgIpc) is 2.70. The summed E-state index contributed by atoms with van der Waals surface area (Å²) in [5, 5.41) is 11.9. The van der Waals surface area contributed by atoms with E-state index in [2.05, 4.69) is 9.97 Å². The summed E-state index contributed by atoms with van der Waals surface area (Å²) in [7, 11) is 0. The number of carbonyl (C=O) groups is 1. The van der Waals surface area contributed by atoms with Crippen LogP contribution in [0, 0.1) is 10.1 Å². The maximum atomic E-state index is 13.2. The van der Waals surface area contributed by atoms with Crippen molar-refractivity contribution < 1.29 is 9.72 Å². The third kappa shape index (κ3) is 4.29. The number of para-hydroxylation sites is 1. The predicted molar refractivity (Wildman–Crippen MR) is 112 cm³/mol. The molecule has 1 heterocycles. The van der Waals surface area contributed by atoms with E-state index in [1.54, 1.807) is 44.2 Å². The van der Waals surface area contributed by atoms with Crippen LogP contribution in [0.25, 0.3) is 10.9 Å². The quantitative estimate of drug-likeness (QED) is 0.376. The lowest BCUT2D eigenvalue weighted by atomic mass is 10.1. The van der Waals surface area contributed by atoms with Gasteiger partial charge in [0.05, 0.1) is 22.4 Å². The molecule has 0 bridgehead atoms. The first kappa shape index (κ1) is 20.5. The number of nitrogens with zero attached hydrogens (tertiary/aromatic N) is 3. The van der Waals surface area contributed by atoms with Gasteiger partial charge in [0.2, 0.25) is 0 Å². The predicted octanol–water partition coefficient (Wildman–Crippen LogP) is 3.60. The second-order valence-corrected chi connectivity index (χ2v) is 7.58. The second kappa shape index (κ2) is 8.44. The van der Waals surface area contributed by atoms with Crippen molar-refractivity contribution in [3.8, 4) is 0 Å². The number of nitro groups is 1. The Labute approximate surface area is 171 Å². The summed E-state index contributed by atoms with van der Waals surface area (Å²) in [5.41, 5.74) is -0.00742. The Morgan fingerprint density at radius 3 is 2.66 bits per heavy atom. The van der Waals surface area contributed by atoms with Gasteiger partial charge in [-0.3, -0.25) is 19.7 Å². The maximum Gasteiger partial charge on any atom is 0.282 e. The molecule has 0 aliphatic heterocycles. The Morgan fingerprint density at radius 1 is 1.28 bits per heavy atom. The normalized spacial score (nSPS) is 11.0. The van der Waals surface area contributed by atoms with Gasteiger partial charge >= 0.3 is 0 Å². The number of hydrogen-bond donors (Lipinski definition) is 1. The Balaban J connectivity index is 2.02. The van der Waals surface area contributed by atoms with Crippen LogP contribution in [0.2, 0.25) is 0 Å². The van der Waals surface area contributed by atoms with Crippen LogP contribution in [0.1, 0.15) is 30.0 Å². The fourth-order valence-electron chi connectivity index (χ4n) is 2.99. The van der Waals surface area contributed by atoms with Crippen LogP contribution < -0.4 is 5.56 Å². The fourth-order valence-corrected chi connectivity index (χ4v) is 3.43. The van der Waals surface area contributed by atoms with E-state index in [-0.39, 0.29) is 29.4 Å². The highest BCUT2D eigenvalue weighted by Gasteiger charge is 2.27. The number of fused-ring (bicyclic) bond motifs is 1. The van der Waals surface area contributed by atoms with Crippen LogP contribution >= 0.6 is 11.8 Å². The van der Waals surface area contributed by atoms with Gasteiger partial charge in [-0.2, -0.15) is 0 Å². The number of carbonyl (C=O) groups excluding carboxylic acids is 1. The third-order valence-electron chi connectivity index (χ3n) is 4.50. The Hall–Kier alpha value is -3.20. The smallest absolute Gasteiger partial charge is 0.282 e. The average molecular weight is 412 g/mol. The van der Waals surface area contributed by atoms with Crippen molar-refractivity contribution in [2.75, 3.05) is 6.26 Å². The molecule has 0 unspecified atom stereocenters. The molecule has 8 nitrogen and oxygen atoms in total. The van der Waals surface area contributed by atoms with Crippen LogP contribution in [0.15, 0.2) is 52.2 Å². The summed E-state index contributed by atoms with van der Waals surface area (Å²) in [4.78, 5) is 45.8. The third-order valence-corrected chi connectivity index (χ3v) is 5.22. The summed E-state index contributed by atoms with van der Waals surface area (Å²) in [6.45, 7) is 3.64. The molecule has 29 heavy (non-hydrogen) atoms. The van der Waals surface area contributed by atoms with Crippen molar-refractivity contribution in [1.29, 1.82) is 0 Å². The minimum Gasteiger partial charge on any atom is -0.329 e. The Kier molecular flexibility index (Phi) is 5.97. The van der Waals surface area contributed by atoms with Gasteiger partial charge in [-0.15, -0.1) is 11.8 Å². The molecule has 9 heteroatoms. The van der Waals surface area contributed by atoms with Gasteiger partial charge in [0, 0.05) is 17.0 Å². The fraction of sp³-hybridized carbons (Fsp3) is 0.250. The lowest BCUT2D eigenvalue weighted by Gasteiger charge is -2.26. The molecule has 150 valence electrons. The highest BCUT2D eigenvalue weighted by Crippen LogP contribution is 2.27. The highest BCUT2D eigenvalue weighted by atomic mass is 32.2. The van der Waals surface area contributed by atoms with Crippen molar-refractivity contribution in [2.45, 2.75) is 31.3 Å². The van der Waals surface area contributed by atoms with Gasteiger partial charge in [0.1, 0.15) is 11.4 Å². The van der Waals surface area contributed by atoms with E-state index in [1.807, 2.05) is 6.26 Å². The number of nitro benzene ring substituents is 1. The molecule has 0 atom stereocenters. The van der Waals surface area contributed by atoms with Crippen LogP contribution in [-0.4, -0.2) is 38.0 Å². The lowest BCUT2D eigenvalue weighted by molar-refractivity contribution is -0.385. The summed E-state index contributed by atoms with van der Waals surface area (Å²) in [5.74, 6) is -0.169. The molecule has 3 rings (SSSR count). The number of benzene rings is 2. The number of hydrogen-bond acceptors (Lipinski definition) is 6. The van der Waals surface area contributed by atoms with Crippen molar-refractivity contribution in [2.24, 2.45) is 0 Å². The molecule has 1 N–H and O–H groups in total. The van der Waals surface area contributed by atoms with E-state index in [1.165, 1.54) is 28.8 Å². The largest absolute Gasteiger partial charge is 0.329 e. The maximum absolute atomic E-state index is 13.2. The Morgan fingerprint density at radius 2 is 2.00 bits per heavy atom. The number of H-pyrrole nitrogens is 1. The van der Waals surface area contributed by atoms with Crippen LogP contribution in [0.4, 0.5) is 5.69 Å². The molecule has 3 aromatic rings. The zero-order chi connectivity index (χ0) is 21.1. The first-order valence-corrected chi connectivity index (χ1v) is 10.2. The Bertz CT molecular complexity index is 1140. The molecule has 1 aromatic heterocycles. The van der Waals surface area contributed by atoms with Crippen molar-refractivity contribution >= 4 is 34.3 Å². The standard InChI is InChI=1S/C20H20N4O4S/c1-12(2)23(11-18-21-16-7-5-4-6-14(16)19(25)22-18)20(26)15-10-13(29-3)8-9-17(15)24(27)28/h4-10,12H,11H2,1-3H3,(H,21,22,25). The molecule has 0 aliphatic carbocycles. The molecule has 0 aliphatic rings. The molecule has 0 spiro atoms. The van der Waals surface area contributed by atoms with Gasteiger partial charge in [-0.25, -0.2) is 4.98 Å². The van der Waals surface area contributed by atoms with Gasteiger partial charge in [-0.05, 0) is 44.4 Å². The zero-order valence-electron chi connectivity index (χ0n) is 16.2. The first-order valence-electron chi connectivity index (χ1n) is 8.93. The van der Waals surface area contributed by atoms with Crippen LogP contribution in [0.5, 0.6) is 0 Å². The summed E-state index contributed by atoms with van der Waals surface area (Å²) in [6, 6.07) is 11.1. The van der Waals surface area contributed by atoms with Crippen molar-refractivity contribution in [1.82, 2.24) is 14.9 Å². The van der Waals surface area contributed by atoms with Crippen LogP contribution in [-0.2, 0) is 6.54 Å². The number of rotatable bonds is 6. The number of nitrogens with one attached hydrogen (secondary N) is 1. The van der Waals surface area contributed by atoms with Crippen LogP contribution in [0.3, 0.4) is 0 Å². The molecule has 2 aromatic carbocycles. The van der Waals surface area contributed by atoms with E-state index in [9.17, 15) is 19.7 Å². The second-order valence-electron chi connectivity index (χ2n) is 6.70. The molecular weight excluding hydrogens is 392 g/mol. The minimum absolute atomic E-state index is 0.0127. The topological polar surface area (TPSA) is 109 Å². The number of aromatic nitrogens is 2. The van der Waals surface area contributed by atoms with E-state index < -0.39 is 10.8 Å². The first-order chi connectivity index (χ1) is 13.8. The molecule has 0 saturated heterocycles. The van der Waals surface area contributed by atoms with Gasteiger partial charge in [-0.1, -0.05) is 12.1 Å². The van der Waals surface area contributed by atoms with E-state index in [0.29, 0.717) is 16.7 Å². The van der Waals surface area contributed by atoms with E-state index >= 15 is 0 Å². The lowest BCUT2D eigenvalue weighted by Crippen LogP contribution is -2.37. The molecule has 0 radical (unpaired) electrons. The number of thioether (sulfide) groups is 1. The summed E-state index contributed by atoms with van der Waals surface area (Å²) >= 11 is 1.40. The number of amides is 1. The van der Waals surface area contributed by atoms with Gasteiger partial charge in [0.15, 0.2) is 0 Å². The number of aromatic amines is 1. The molecular formula is C20H20N4O4S. The molecule has 0 saturated carbocycles.